The Kier molecular flexibility index (Phi) is 4.83. The molecule has 1 aliphatic rings. The Balaban J connectivity index is 1.69. The number of amides is 1. The van der Waals surface area contributed by atoms with Gasteiger partial charge in [-0.15, -0.1) is 0 Å². The molecule has 5 heteroatoms. The fraction of sp³-hybridized carbons (Fsp3) is 0.625. The minimum atomic E-state index is -0.443. The number of carbonyl (C=O) groups is 1. The lowest BCUT2D eigenvalue weighted by Gasteiger charge is -2.38. The van der Waals surface area contributed by atoms with Gasteiger partial charge in [0, 0.05) is 30.5 Å². The molecular formula is C16H25N3O2. The lowest BCUT2D eigenvalue weighted by atomic mass is 9.86. The summed E-state index contributed by atoms with van der Waals surface area (Å²) in [5, 5.41) is 6.47. The van der Waals surface area contributed by atoms with Gasteiger partial charge in [0.05, 0.1) is 0 Å². The van der Waals surface area contributed by atoms with Crippen molar-refractivity contribution in [2.75, 3.05) is 0 Å². The fourth-order valence-electron chi connectivity index (χ4n) is 2.45. The highest BCUT2D eigenvalue weighted by molar-refractivity contribution is 5.68. The number of carbonyl (C=O) groups excluding carboxylic acids is 1. The maximum atomic E-state index is 11.7. The van der Waals surface area contributed by atoms with E-state index in [1.54, 1.807) is 12.4 Å². The van der Waals surface area contributed by atoms with Crippen molar-refractivity contribution in [3.63, 3.8) is 0 Å². The largest absolute Gasteiger partial charge is 0.444 e. The molecule has 1 saturated carbocycles. The Morgan fingerprint density at radius 2 is 1.90 bits per heavy atom. The molecule has 0 aromatic carbocycles. The third kappa shape index (κ3) is 5.01. The number of aromatic nitrogens is 1. The highest BCUT2D eigenvalue weighted by Gasteiger charge is 2.32. The topological polar surface area (TPSA) is 63.2 Å². The monoisotopic (exact) mass is 291 g/mol. The number of hydrogen-bond acceptors (Lipinski definition) is 4. The van der Waals surface area contributed by atoms with Crippen molar-refractivity contribution < 1.29 is 9.53 Å². The van der Waals surface area contributed by atoms with Crippen LogP contribution in [0.4, 0.5) is 4.79 Å². The number of hydrogen-bond donors (Lipinski definition) is 2. The molecule has 1 amide bonds. The van der Waals surface area contributed by atoms with Crippen molar-refractivity contribution in [2.24, 2.45) is 0 Å². The summed E-state index contributed by atoms with van der Waals surface area (Å²) in [5.74, 6) is 0. The van der Waals surface area contributed by atoms with Gasteiger partial charge < -0.3 is 15.4 Å². The summed E-state index contributed by atoms with van der Waals surface area (Å²) in [6.07, 6.45) is 5.17. The standard InChI is InChI=1S/C16H25N3O2/c1-11(12-5-7-17-8-6-12)18-13-9-14(10-13)19-15(20)21-16(2,3)4/h5-8,11,13-14,18H,9-10H2,1-4H3,(H,19,20)/t11-,13?,14?/m0/s1. The second-order valence-corrected chi connectivity index (χ2v) is 6.68. The van der Waals surface area contributed by atoms with Gasteiger partial charge in [-0.25, -0.2) is 4.79 Å². The van der Waals surface area contributed by atoms with Crippen molar-refractivity contribution in [1.82, 2.24) is 15.6 Å². The smallest absolute Gasteiger partial charge is 0.407 e. The summed E-state index contributed by atoms with van der Waals surface area (Å²) in [7, 11) is 0. The van der Waals surface area contributed by atoms with E-state index in [1.807, 2.05) is 32.9 Å². The Bertz CT molecular complexity index is 464. The molecule has 0 spiro atoms. The van der Waals surface area contributed by atoms with E-state index in [0.717, 1.165) is 12.8 Å². The van der Waals surface area contributed by atoms with E-state index in [1.165, 1.54) is 5.56 Å². The molecule has 5 nitrogen and oxygen atoms in total. The molecule has 1 aliphatic carbocycles. The fourth-order valence-corrected chi connectivity index (χ4v) is 2.45. The van der Waals surface area contributed by atoms with Crippen LogP contribution in [0.3, 0.4) is 0 Å². The number of nitrogens with one attached hydrogen (secondary N) is 2. The Labute approximate surface area is 126 Å². The number of nitrogens with zero attached hydrogens (tertiary/aromatic N) is 1. The molecule has 0 saturated heterocycles. The van der Waals surface area contributed by atoms with Gasteiger partial charge in [0.25, 0.3) is 0 Å². The first kappa shape index (κ1) is 15.8. The second-order valence-electron chi connectivity index (χ2n) is 6.68. The predicted molar refractivity (Wildman–Crippen MR) is 82.0 cm³/mol. The first-order valence-electron chi connectivity index (χ1n) is 7.49. The minimum Gasteiger partial charge on any atom is -0.444 e. The van der Waals surface area contributed by atoms with Gasteiger partial charge >= 0.3 is 6.09 Å². The molecule has 2 rings (SSSR count). The number of rotatable bonds is 4. The molecule has 0 aliphatic heterocycles. The maximum absolute atomic E-state index is 11.7. The molecular weight excluding hydrogens is 266 g/mol. The number of alkyl carbamates (subject to hydrolysis) is 1. The first-order valence-corrected chi connectivity index (χ1v) is 7.49. The summed E-state index contributed by atoms with van der Waals surface area (Å²) in [6, 6.07) is 4.98. The van der Waals surface area contributed by atoms with Crippen LogP contribution in [0.1, 0.15) is 52.1 Å². The zero-order chi connectivity index (χ0) is 15.5. The van der Waals surface area contributed by atoms with E-state index in [4.69, 9.17) is 4.74 Å². The summed E-state index contributed by atoms with van der Waals surface area (Å²) < 4.78 is 5.25. The summed E-state index contributed by atoms with van der Waals surface area (Å²) >= 11 is 0. The van der Waals surface area contributed by atoms with Crippen molar-refractivity contribution in [3.05, 3.63) is 30.1 Å². The van der Waals surface area contributed by atoms with Crippen LogP contribution < -0.4 is 10.6 Å². The van der Waals surface area contributed by atoms with Crippen LogP contribution in [-0.4, -0.2) is 28.8 Å². The Morgan fingerprint density at radius 1 is 1.29 bits per heavy atom. The van der Waals surface area contributed by atoms with Gasteiger partial charge in [-0.3, -0.25) is 4.98 Å². The zero-order valence-electron chi connectivity index (χ0n) is 13.2. The minimum absolute atomic E-state index is 0.210. The second kappa shape index (κ2) is 6.43. The highest BCUT2D eigenvalue weighted by Crippen LogP contribution is 2.24. The average molecular weight is 291 g/mol. The predicted octanol–water partition coefficient (Wildman–Crippen LogP) is 2.79. The molecule has 0 bridgehead atoms. The molecule has 1 aromatic heterocycles. The van der Waals surface area contributed by atoms with Crippen LogP contribution in [0.2, 0.25) is 0 Å². The normalized spacial score (nSPS) is 23.0. The molecule has 2 N–H and O–H groups in total. The van der Waals surface area contributed by atoms with Gasteiger partial charge in [0.15, 0.2) is 0 Å². The summed E-state index contributed by atoms with van der Waals surface area (Å²) in [4.78, 5) is 15.7. The molecule has 1 heterocycles. The zero-order valence-corrected chi connectivity index (χ0v) is 13.2. The van der Waals surface area contributed by atoms with Gasteiger partial charge in [-0.2, -0.15) is 0 Å². The van der Waals surface area contributed by atoms with Crippen molar-refractivity contribution in [2.45, 2.75) is 64.3 Å². The lowest BCUT2D eigenvalue weighted by Crippen LogP contribution is -2.53. The molecule has 0 unspecified atom stereocenters. The first-order chi connectivity index (χ1) is 9.83. The van der Waals surface area contributed by atoms with Crippen LogP contribution in [-0.2, 0) is 4.74 Å². The van der Waals surface area contributed by atoms with Crippen LogP contribution in [0.5, 0.6) is 0 Å². The van der Waals surface area contributed by atoms with Crippen LogP contribution in [0.15, 0.2) is 24.5 Å². The average Bonchev–Trinajstić information content (AvgIpc) is 2.35. The van der Waals surface area contributed by atoms with E-state index in [-0.39, 0.29) is 12.1 Å². The van der Waals surface area contributed by atoms with Crippen LogP contribution in [0, 0.1) is 0 Å². The maximum Gasteiger partial charge on any atom is 0.407 e. The van der Waals surface area contributed by atoms with Gasteiger partial charge in [0.1, 0.15) is 5.60 Å². The van der Waals surface area contributed by atoms with Gasteiger partial charge in [0.2, 0.25) is 0 Å². The van der Waals surface area contributed by atoms with E-state index in [9.17, 15) is 4.79 Å². The van der Waals surface area contributed by atoms with E-state index >= 15 is 0 Å². The third-order valence-corrected chi connectivity index (χ3v) is 3.55. The lowest BCUT2D eigenvalue weighted by molar-refractivity contribution is 0.0463. The van der Waals surface area contributed by atoms with E-state index < -0.39 is 5.60 Å². The Morgan fingerprint density at radius 3 is 2.48 bits per heavy atom. The van der Waals surface area contributed by atoms with E-state index in [0.29, 0.717) is 12.1 Å². The SMILES string of the molecule is C[C@H](NC1CC(NC(=O)OC(C)(C)C)C1)c1ccncc1. The van der Waals surface area contributed by atoms with Crippen molar-refractivity contribution in [3.8, 4) is 0 Å². The molecule has 21 heavy (non-hydrogen) atoms. The van der Waals surface area contributed by atoms with Crippen molar-refractivity contribution in [1.29, 1.82) is 0 Å². The van der Waals surface area contributed by atoms with Crippen molar-refractivity contribution >= 4 is 6.09 Å². The number of ether oxygens (including phenoxy) is 1. The number of pyridine rings is 1. The van der Waals surface area contributed by atoms with Gasteiger partial charge in [-0.1, -0.05) is 0 Å². The quantitative estimate of drug-likeness (QED) is 0.895. The third-order valence-electron chi connectivity index (χ3n) is 3.55. The molecule has 116 valence electrons. The van der Waals surface area contributed by atoms with Crippen LogP contribution >= 0.6 is 0 Å². The van der Waals surface area contributed by atoms with Gasteiger partial charge in [-0.05, 0) is 58.2 Å². The van der Waals surface area contributed by atoms with Crippen LogP contribution in [0.25, 0.3) is 0 Å². The highest BCUT2D eigenvalue weighted by atomic mass is 16.6. The Hall–Kier alpha value is -1.62. The molecule has 1 aromatic rings. The molecule has 1 fully saturated rings. The molecule has 0 radical (unpaired) electrons. The molecule has 1 atom stereocenters. The summed E-state index contributed by atoms with van der Waals surface area (Å²) in [6.45, 7) is 7.75. The summed E-state index contributed by atoms with van der Waals surface area (Å²) in [5.41, 5.74) is 0.787. The van der Waals surface area contributed by atoms with E-state index in [2.05, 4.69) is 22.5 Å².